The van der Waals surface area contributed by atoms with Gasteiger partial charge in [0.15, 0.2) is 0 Å². The predicted molar refractivity (Wildman–Crippen MR) is 141 cm³/mol. The van der Waals surface area contributed by atoms with E-state index < -0.39 is 5.41 Å². The van der Waals surface area contributed by atoms with Crippen molar-refractivity contribution in [3.8, 4) is 6.07 Å². The Hall–Kier alpha value is -3.43. The summed E-state index contributed by atoms with van der Waals surface area (Å²) in [6, 6.07) is 16.0. The van der Waals surface area contributed by atoms with Crippen molar-refractivity contribution in [2.75, 3.05) is 23.7 Å². The van der Waals surface area contributed by atoms with Crippen LogP contribution < -0.4 is 10.6 Å². The van der Waals surface area contributed by atoms with Crippen LogP contribution in [0.4, 0.5) is 11.4 Å². The minimum Gasteiger partial charge on any atom is -0.326 e. The van der Waals surface area contributed by atoms with Crippen molar-refractivity contribution in [2.45, 2.75) is 59.4 Å². The number of amides is 2. The first-order valence-corrected chi connectivity index (χ1v) is 12.4. The van der Waals surface area contributed by atoms with Gasteiger partial charge in [0.1, 0.15) is 0 Å². The summed E-state index contributed by atoms with van der Waals surface area (Å²) < 4.78 is 0. The Balaban J connectivity index is 0.00000167. The molecule has 0 radical (unpaired) electrons. The molecule has 4 rings (SSSR count). The molecule has 2 amide bonds. The molecule has 184 valence electrons. The number of rotatable bonds is 3. The van der Waals surface area contributed by atoms with Crippen LogP contribution in [0.2, 0.25) is 0 Å². The van der Waals surface area contributed by atoms with Crippen LogP contribution in [0, 0.1) is 16.7 Å². The van der Waals surface area contributed by atoms with Gasteiger partial charge in [0.2, 0.25) is 11.8 Å². The smallest absolute Gasteiger partial charge is 0.248 e. The molecule has 0 saturated carbocycles. The summed E-state index contributed by atoms with van der Waals surface area (Å²) in [5.74, 6) is 0.113. The number of para-hydroxylation sites is 1. The topological polar surface area (TPSA) is 85.2 Å². The molecule has 35 heavy (non-hydrogen) atoms. The summed E-state index contributed by atoms with van der Waals surface area (Å²) in [7, 11) is 0. The molecule has 1 atom stereocenters. The highest BCUT2D eigenvalue weighted by Gasteiger charge is 2.29. The van der Waals surface area contributed by atoms with Crippen LogP contribution in [-0.4, -0.2) is 29.8 Å². The van der Waals surface area contributed by atoms with Crippen molar-refractivity contribution in [1.82, 2.24) is 4.90 Å². The number of fused-ring (bicyclic) bond motifs is 1. The molecule has 0 aromatic heterocycles. The number of hydrogen-bond donors (Lipinski definition) is 2. The van der Waals surface area contributed by atoms with E-state index in [1.165, 1.54) is 0 Å². The van der Waals surface area contributed by atoms with Crippen molar-refractivity contribution >= 4 is 23.2 Å². The summed E-state index contributed by atoms with van der Waals surface area (Å²) in [6.07, 6.45) is 5.45. The van der Waals surface area contributed by atoms with E-state index in [2.05, 4.69) is 27.7 Å². The maximum absolute atomic E-state index is 12.3. The summed E-state index contributed by atoms with van der Waals surface area (Å²) >= 11 is 0. The molecule has 1 saturated heterocycles. The first-order valence-electron chi connectivity index (χ1n) is 12.4. The van der Waals surface area contributed by atoms with E-state index in [9.17, 15) is 14.9 Å². The van der Waals surface area contributed by atoms with E-state index in [0.717, 1.165) is 42.7 Å². The lowest BCUT2D eigenvalue weighted by atomic mass is 9.85. The third-order valence-electron chi connectivity index (χ3n) is 6.44. The van der Waals surface area contributed by atoms with E-state index >= 15 is 0 Å². The van der Waals surface area contributed by atoms with Crippen LogP contribution in [0.3, 0.4) is 0 Å². The highest BCUT2D eigenvalue weighted by molar-refractivity contribution is 6.00. The van der Waals surface area contributed by atoms with E-state index in [-0.39, 0.29) is 23.8 Å². The van der Waals surface area contributed by atoms with E-state index in [1.54, 1.807) is 12.1 Å². The zero-order valence-electron chi connectivity index (χ0n) is 21.4. The highest BCUT2D eigenvalue weighted by atomic mass is 16.2. The van der Waals surface area contributed by atoms with Crippen LogP contribution >= 0.6 is 0 Å². The number of carbonyl (C=O) groups is 2. The number of likely N-dealkylation sites (tertiary alicyclic amines) is 1. The Kier molecular flexibility index (Phi) is 8.48. The summed E-state index contributed by atoms with van der Waals surface area (Å²) in [4.78, 5) is 26.8. The Morgan fingerprint density at radius 1 is 1.09 bits per heavy atom. The average Bonchev–Trinajstić information content (AvgIpc) is 3.03. The molecular formula is C29H36N4O2. The summed E-state index contributed by atoms with van der Waals surface area (Å²) in [5, 5.41) is 15.6. The molecule has 2 aliphatic heterocycles. The SMILES string of the molecule is CC.CC(C)(C)C(=O)Nc1ccc(C2CCN(C3C=CC(=O)Nc4ccccc43)CC2)c(C#N)c1. The number of benzene rings is 2. The van der Waals surface area contributed by atoms with Gasteiger partial charge in [-0.05, 0) is 61.2 Å². The molecule has 2 aliphatic rings. The molecule has 2 N–H and O–H groups in total. The van der Waals surface area contributed by atoms with E-state index in [0.29, 0.717) is 11.3 Å². The molecular weight excluding hydrogens is 436 g/mol. The summed E-state index contributed by atoms with van der Waals surface area (Å²) in [5.41, 5.74) is 3.79. The second kappa shape index (κ2) is 11.3. The zero-order chi connectivity index (χ0) is 25.6. The fraction of sp³-hybridized carbons (Fsp3) is 0.414. The number of nitrogens with zero attached hydrogens (tertiary/aromatic N) is 2. The van der Waals surface area contributed by atoms with Gasteiger partial charge >= 0.3 is 0 Å². The molecule has 0 bridgehead atoms. The molecule has 0 aliphatic carbocycles. The lowest BCUT2D eigenvalue weighted by Gasteiger charge is -2.37. The molecule has 2 aromatic rings. The van der Waals surface area contributed by atoms with E-state index in [4.69, 9.17) is 0 Å². The first-order chi connectivity index (χ1) is 16.8. The van der Waals surface area contributed by atoms with Crippen LogP contribution in [0.15, 0.2) is 54.6 Å². The number of nitriles is 1. The number of nitrogens with one attached hydrogen (secondary N) is 2. The van der Waals surface area contributed by atoms with Gasteiger partial charge in [0.25, 0.3) is 0 Å². The highest BCUT2D eigenvalue weighted by Crippen LogP contribution is 2.37. The van der Waals surface area contributed by atoms with Crippen LogP contribution in [-0.2, 0) is 9.59 Å². The Bertz CT molecular complexity index is 1130. The quantitative estimate of drug-likeness (QED) is 0.574. The number of hydrogen-bond acceptors (Lipinski definition) is 4. The molecule has 2 heterocycles. The monoisotopic (exact) mass is 472 g/mol. The second-order valence-corrected chi connectivity index (χ2v) is 9.81. The Labute approximate surface area is 209 Å². The largest absolute Gasteiger partial charge is 0.326 e. The fourth-order valence-electron chi connectivity index (χ4n) is 4.54. The normalized spacial score (nSPS) is 18.3. The van der Waals surface area contributed by atoms with Gasteiger partial charge in [-0.2, -0.15) is 5.26 Å². The van der Waals surface area contributed by atoms with Gasteiger partial charge in [-0.25, -0.2) is 0 Å². The molecule has 6 heteroatoms. The average molecular weight is 473 g/mol. The minimum absolute atomic E-state index is 0.0477. The van der Waals surface area contributed by atoms with Crippen LogP contribution in [0.25, 0.3) is 0 Å². The van der Waals surface area contributed by atoms with Crippen LogP contribution in [0.5, 0.6) is 0 Å². The van der Waals surface area contributed by atoms with Crippen molar-refractivity contribution in [2.24, 2.45) is 5.41 Å². The molecule has 1 unspecified atom stereocenters. The molecule has 0 spiro atoms. The summed E-state index contributed by atoms with van der Waals surface area (Å²) in [6.45, 7) is 11.3. The molecule has 6 nitrogen and oxygen atoms in total. The standard InChI is InChI=1S/C27H30N4O2.C2H6/c1-27(2,3)26(33)29-20-8-9-21(19(16-20)17-28)18-12-14-31(15-13-18)24-10-11-25(32)30-23-7-5-4-6-22(23)24;1-2/h4-11,16,18,24H,12-15H2,1-3H3,(H,29,33)(H,30,32);1-2H3. The van der Waals surface area contributed by atoms with Crippen molar-refractivity contribution in [1.29, 1.82) is 5.26 Å². The third-order valence-corrected chi connectivity index (χ3v) is 6.44. The van der Waals surface area contributed by atoms with Gasteiger partial charge in [-0.1, -0.05) is 65.0 Å². The van der Waals surface area contributed by atoms with Crippen molar-refractivity contribution in [3.05, 3.63) is 71.3 Å². The van der Waals surface area contributed by atoms with Crippen molar-refractivity contribution < 1.29 is 9.59 Å². The fourth-order valence-corrected chi connectivity index (χ4v) is 4.54. The van der Waals surface area contributed by atoms with Gasteiger partial charge < -0.3 is 10.6 Å². The lowest BCUT2D eigenvalue weighted by Crippen LogP contribution is -2.35. The number of anilines is 2. The van der Waals surface area contributed by atoms with Gasteiger partial charge in [-0.3, -0.25) is 14.5 Å². The van der Waals surface area contributed by atoms with Gasteiger partial charge in [-0.15, -0.1) is 0 Å². The second-order valence-electron chi connectivity index (χ2n) is 9.81. The van der Waals surface area contributed by atoms with Crippen molar-refractivity contribution in [3.63, 3.8) is 0 Å². The Morgan fingerprint density at radius 2 is 1.77 bits per heavy atom. The Morgan fingerprint density at radius 3 is 2.43 bits per heavy atom. The molecule has 1 fully saturated rings. The first kappa shape index (κ1) is 26.2. The zero-order valence-corrected chi connectivity index (χ0v) is 21.4. The molecule has 2 aromatic carbocycles. The minimum atomic E-state index is -0.497. The number of piperidine rings is 1. The predicted octanol–water partition coefficient (Wildman–Crippen LogP) is 6.00. The lowest BCUT2D eigenvalue weighted by molar-refractivity contribution is -0.123. The van der Waals surface area contributed by atoms with Gasteiger partial charge in [0.05, 0.1) is 17.7 Å². The third kappa shape index (κ3) is 6.17. The maximum atomic E-state index is 12.3. The van der Waals surface area contributed by atoms with Gasteiger partial charge in [0, 0.05) is 22.9 Å². The maximum Gasteiger partial charge on any atom is 0.248 e. The van der Waals surface area contributed by atoms with Crippen LogP contribution in [0.1, 0.15) is 76.1 Å². The number of carbonyl (C=O) groups excluding carboxylic acids is 2. The van der Waals surface area contributed by atoms with E-state index in [1.807, 2.05) is 71.0 Å².